The summed E-state index contributed by atoms with van der Waals surface area (Å²) in [5.41, 5.74) is 4.28. The Labute approximate surface area is 184 Å². The van der Waals surface area contributed by atoms with Crippen molar-refractivity contribution in [3.05, 3.63) is 29.3 Å². The van der Waals surface area contributed by atoms with Gasteiger partial charge in [0.05, 0.1) is 6.10 Å². The molecule has 2 heteroatoms. The van der Waals surface area contributed by atoms with E-state index in [9.17, 15) is 0 Å². The number of methoxy groups -OCH3 is 1. The molecule has 0 saturated heterocycles. The van der Waals surface area contributed by atoms with Gasteiger partial charge in [0.25, 0.3) is 0 Å². The van der Waals surface area contributed by atoms with Crippen LogP contribution in [0.2, 0.25) is 0 Å². The maximum Gasteiger partial charge on any atom is 0.120 e. The van der Waals surface area contributed by atoms with E-state index in [1.54, 1.807) is 11.1 Å². The average molecular weight is 411 g/mol. The third-order valence-electron chi connectivity index (χ3n) is 10.2. The van der Waals surface area contributed by atoms with Crippen LogP contribution in [0.4, 0.5) is 0 Å². The maximum atomic E-state index is 6.33. The average Bonchev–Trinajstić information content (AvgIpc) is 3.34. The first-order valence-electron chi connectivity index (χ1n) is 12.8. The minimum Gasteiger partial charge on any atom is -0.490 e. The summed E-state index contributed by atoms with van der Waals surface area (Å²) in [6, 6.07) is 7.14. The van der Waals surface area contributed by atoms with E-state index >= 15 is 0 Å². The Balaban J connectivity index is 1.33. The fourth-order valence-electron chi connectivity index (χ4n) is 8.21. The summed E-state index contributed by atoms with van der Waals surface area (Å²) in [5.74, 6) is 3.72. The zero-order valence-corrected chi connectivity index (χ0v) is 19.6. The van der Waals surface area contributed by atoms with E-state index in [1.165, 1.54) is 77.0 Å². The first-order valence-corrected chi connectivity index (χ1v) is 12.8. The standard InChI is InChI=1S/C28H42O2/c1-27(15-6-18-29-3)16-14-26-25-11-9-20-19-22(30-21-7-4-5-8-21)10-12-23(20)24(25)13-17-28(26,27)2/h10,12,19,21,24-26H,4-9,11,13-18H2,1-3H3/t24-,25-,26+,27+,28+/m1/s1. The molecule has 0 aliphatic heterocycles. The van der Waals surface area contributed by atoms with E-state index < -0.39 is 0 Å². The summed E-state index contributed by atoms with van der Waals surface area (Å²) < 4.78 is 11.7. The van der Waals surface area contributed by atoms with Crippen molar-refractivity contribution < 1.29 is 9.47 Å². The fraction of sp³-hybridized carbons (Fsp3) is 0.786. The third kappa shape index (κ3) is 3.42. The van der Waals surface area contributed by atoms with Crippen LogP contribution in [0.1, 0.15) is 102 Å². The van der Waals surface area contributed by atoms with Gasteiger partial charge in [-0.2, -0.15) is 0 Å². The molecule has 3 saturated carbocycles. The summed E-state index contributed by atoms with van der Waals surface area (Å²) in [5, 5.41) is 0. The molecule has 0 amide bonds. The van der Waals surface area contributed by atoms with Crippen LogP contribution in [-0.2, 0) is 11.2 Å². The van der Waals surface area contributed by atoms with E-state index in [-0.39, 0.29) is 0 Å². The van der Waals surface area contributed by atoms with Gasteiger partial charge in [0.2, 0.25) is 0 Å². The lowest BCUT2D eigenvalue weighted by Gasteiger charge is -2.54. The van der Waals surface area contributed by atoms with Gasteiger partial charge in [0.1, 0.15) is 5.75 Å². The highest BCUT2D eigenvalue weighted by atomic mass is 16.5. The Morgan fingerprint density at radius 3 is 2.63 bits per heavy atom. The number of ether oxygens (including phenoxy) is 2. The number of aryl methyl sites for hydroxylation is 1. The predicted molar refractivity (Wildman–Crippen MR) is 123 cm³/mol. The molecule has 1 aromatic carbocycles. The second-order valence-electron chi connectivity index (χ2n) is 11.5. The monoisotopic (exact) mass is 410 g/mol. The van der Waals surface area contributed by atoms with Gasteiger partial charge in [-0.25, -0.2) is 0 Å². The van der Waals surface area contributed by atoms with Crippen LogP contribution in [0.25, 0.3) is 0 Å². The first-order chi connectivity index (χ1) is 14.5. The van der Waals surface area contributed by atoms with Crippen LogP contribution < -0.4 is 4.74 Å². The molecule has 4 aliphatic rings. The minimum absolute atomic E-state index is 0.462. The van der Waals surface area contributed by atoms with Crippen molar-refractivity contribution in [3.8, 4) is 5.75 Å². The van der Waals surface area contributed by atoms with Crippen LogP contribution in [0.3, 0.4) is 0 Å². The molecule has 3 fully saturated rings. The van der Waals surface area contributed by atoms with Crippen molar-refractivity contribution >= 4 is 0 Å². The largest absolute Gasteiger partial charge is 0.490 e. The first kappa shape index (κ1) is 20.9. The summed E-state index contributed by atoms with van der Waals surface area (Å²) in [7, 11) is 1.84. The quantitative estimate of drug-likeness (QED) is 0.458. The van der Waals surface area contributed by atoms with Crippen molar-refractivity contribution in [2.75, 3.05) is 13.7 Å². The van der Waals surface area contributed by atoms with Crippen molar-refractivity contribution in [3.63, 3.8) is 0 Å². The van der Waals surface area contributed by atoms with Crippen LogP contribution in [0.15, 0.2) is 18.2 Å². The van der Waals surface area contributed by atoms with Crippen molar-refractivity contribution in [2.45, 2.75) is 103 Å². The van der Waals surface area contributed by atoms with Crippen molar-refractivity contribution in [1.82, 2.24) is 0 Å². The molecular formula is C28H42O2. The van der Waals surface area contributed by atoms with E-state index in [4.69, 9.17) is 9.47 Å². The smallest absolute Gasteiger partial charge is 0.120 e. The number of benzene rings is 1. The molecule has 0 aromatic heterocycles. The highest BCUT2D eigenvalue weighted by Gasteiger charge is 2.59. The van der Waals surface area contributed by atoms with Gasteiger partial charge in [-0.3, -0.25) is 0 Å². The van der Waals surface area contributed by atoms with E-state index in [2.05, 4.69) is 32.0 Å². The summed E-state index contributed by atoms with van der Waals surface area (Å²) in [6.07, 6.45) is 16.5. The second kappa shape index (κ2) is 8.15. The van der Waals surface area contributed by atoms with Gasteiger partial charge < -0.3 is 9.47 Å². The van der Waals surface area contributed by atoms with Crippen LogP contribution in [-0.4, -0.2) is 19.8 Å². The minimum atomic E-state index is 0.462. The van der Waals surface area contributed by atoms with Crippen molar-refractivity contribution in [1.29, 1.82) is 0 Å². The lowest BCUT2D eigenvalue weighted by atomic mass is 9.50. The van der Waals surface area contributed by atoms with E-state index in [0.717, 1.165) is 30.1 Å². The van der Waals surface area contributed by atoms with Crippen LogP contribution in [0.5, 0.6) is 5.75 Å². The van der Waals surface area contributed by atoms with Crippen molar-refractivity contribution in [2.24, 2.45) is 22.7 Å². The lowest BCUT2D eigenvalue weighted by molar-refractivity contribution is -0.0253. The molecule has 2 nitrogen and oxygen atoms in total. The third-order valence-corrected chi connectivity index (χ3v) is 10.2. The molecule has 5 atom stereocenters. The zero-order valence-electron chi connectivity index (χ0n) is 19.6. The van der Waals surface area contributed by atoms with Gasteiger partial charge >= 0.3 is 0 Å². The molecule has 0 heterocycles. The molecule has 0 spiro atoms. The Morgan fingerprint density at radius 1 is 1.00 bits per heavy atom. The van der Waals surface area contributed by atoms with E-state index in [1.807, 2.05) is 7.11 Å². The maximum absolute atomic E-state index is 6.33. The molecule has 1 aromatic rings. The molecule has 0 unspecified atom stereocenters. The highest BCUT2D eigenvalue weighted by molar-refractivity contribution is 5.41. The molecule has 0 bridgehead atoms. The molecule has 166 valence electrons. The fourth-order valence-corrected chi connectivity index (χ4v) is 8.21. The zero-order chi connectivity index (χ0) is 20.8. The molecule has 5 rings (SSSR count). The molecule has 0 radical (unpaired) electrons. The van der Waals surface area contributed by atoms with Gasteiger partial charge in [-0.1, -0.05) is 19.9 Å². The lowest BCUT2D eigenvalue weighted by Crippen LogP contribution is -2.46. The predicted octanol–water partition coefficient (Wildman–Crippen LogP) is 7.30. The second-order valence-corrected chi connectivity index (χ2v) is 11.5. The Bertz CT molecular complexity index is 751. The SMILES string of the molecule is COCCC[C@@]1(C)CC[C@H]2[C@@H]3CCc4cc(OC5CCCC5)ccc4[C@H]3CC[C@@]21C. The number of fused-ring (bicyclic) bond motifs is 5. The molecule has 30 heavy (non-hydrogen) atoms. The normalized spacial score (nSPS) is 38.2. The van der Waals surface area contributed by atoms with Gasteiger partial charge in [0, 0.05) is 13.7 Å². The Hall–Kier alpha value is -1.02. The molecule has 0 N–H and O–H groups in total. The van der Waals surface area contributed by atoms with Gasteiger partial charge in [-0.15, -0.1) is 0 Å². The van der Waals surface area contributed by atoms with Gasteiger partial charge in [-0.05, 0) is 129 Å². The van der Waals surface area contributed by atoms with Gasteiger partial charge in [0.15, 0.2) is 0 Å². The highest BCUT2D eigenvalue weighted by Crippen LogP contribution is 2.68. The van der Waals surface area contributed by atoms with E-state index in [0.29, 0.717) is 16.9 Å². The number of hydrogen-bond acceptors (Lipinski definition) is 2. The Kier molecular flexibility index (Phi) is 5.67. The summed E-state index contributed by atoms with van der Waals surface area (Å²) in [4.78, 5) is 0. The summed E-state index contributed by atoms with van der Waals surface area (Å²) in [6.45, 7) is 6.18. The summed E-state index contributed by atoms with van der Waals surface area (Å²) >= 11 is 0. The van der Waals surface area contributed by atoms with Crippen LogP contribution >= 0.6 is 0 Å². The molecular weight excluding hydrogens is 368 g/mol. The Morgan fingerprint density at radius 2 is 1.83 bits per heavy atom. The topological polar surface area (TPSA) is 18.5 Å². The van der Waals surface area contributed by atoms with Crippen LogP contribution in [0, 0.1) is 22.7 Å². The molecule has 4 aliphatic carbocycles. The number of hydrogen-bond donors (Lipinski definition) is 0. The number of rotatable bonds is 6.